The summed E-state index contributed by atoms with van der Waals surface area (Å²) in [5, 5.41) is 2.86. The van der Waals surface area contributed by atoms with Gasteiger partial charge in [0.2, 0.25) is 5.91 Å². The summed E-state index contributed by atoms with van der Waals surface area (Å²) < 4.78 is 0. The number of nitrogens with zero attached hydrogens (tertiary/aromatic N) is 2. The van der Waals surface area contributed by atoms with Crippen molar-refractivity contribution in [1.29, 1.82) is 0 Å². The van der Waals surface area contributed by atoms with Crippen LogP contribution in [0.3, 0.4) is 0 Å². The van der Waals surface area contributed by atoms with E-state index in [2.05, 4.69) is 27.3 Å². The Morgan fingerprint density at radius 2 is 1.80 bits per heavy atom. The fraction of sp³-hybridized carbons (Fsp3) is 0.450. The third-order valence-corrected chi connectivity index (χ3v) is 6.75. The first-order chi connectivity index (χ1) is 12.2. The van der Waals surface area contributed by atoms with Crippen molar-refractivity contribution in [2.24, 2.45) is 0 Å². The highest BCUT2D eigenvalue weighted by Crippen LogP contribution is 2.45. The third kappa shape index (κ3) is 3.35. The van der Waals surface area contributed by atoms with Crippen LogP contribution >= 0.6 is 22.9 Å². The Morgan fingerprint density at radius 1 is 1.08 bits per heavy atom. The lowest BCUT2D eigenvalue weighted by molar-refractivity contribution is -0.142. The first-order valence-electron chi connectivity index (χ1n) is 8.98. The lowest BCUT2D eigenvalue weighted by Gasteiger charge is -2.46. The maximum Gasteiger partial charge on any atom is 0.233 e. The fourth-order valence-electron chi connectivity index (χ4n) is 3.96. The van der Waals surface area contributed by atoms with Gasteiger partial charge in [-0.15, -0.1) is 11.3 Å². The number of rotatable bonds is 4. The zero-order valence-corrected chi connectivity index (χ0v) is 15.9. The SMILES string of the molecule is O=C(N1CCN(Cc2cccs2)CC1)C1(c2ccc(Cl)cc2)CCC1. The van der Waals surface area contributed by atoms with Crippen LogP contribution in [-0.2, 0) is 16.8 Å². The standard InChI is InChI=1S/C20H23ClN2OS/c21-17-6-4-16(5-7-17)20(8-2-9-20)19(24)23-12-10-22(11-13-23)15-18-3-1-14-25-18/h1,3-7,14H,2,8-13,15H2. The highest BCUT2D eigenvalue weighted by atomic mass is 35.5. The van der Waals surface area contributed by atoms with E-state index in [1.165, 1.54) is 4.88 Å². The predicted octanol–water partition coefficient (Wildman–Crippen LogP) is 4.17. The van der Waals surface area contributed by atoms with Gasteiger partial charge in [0.1, 0.15) is 0 Å². The van der Waals surface area contributed by atoms with E-state index in [0.29, 0.717) is 5.91 Å². The van der Waals surface area contributed by atoms with E-state index in [0.717, 1.165) is 62.6 Å². The number of hydrogen-bond donors (Lipinski definition) is 0. The van der Waals surface area contributed by atoms with Gasteiger partial charge in [0, 0.05) is 42.6 Å². The Kier molecular flexibility index (Phi) is 4.85. The molecule has 0 atom stereocenters. The first-order valence-corrected chi connectivity index (χ1v) is 10.2. The van der Waals surface area contributed by atoms with Crippen molar-refractivity contribution in [3.63, 3.8) is 0 Å². The minimum Gasteiger partial charge on any atom is -0.339 e. The molecule has 0 N–H and O–H groups in total. The number of benzene rings is 1. The number of carbonyl (C=O) groups excluding carboxylic acids is 1. The summed E-state index contributed by atoms with van der Waals surface area (Å²) in [7, 11) is 0. The van der Waals surface area contributed by atoms with Crippen LogP contribution in [0, 0.1) is 0 Å². The third-order valence-electron chi connectivity index (χ3n) is 5.63. The second-order valence-corrected chi connectivity index (χ2v) is 8.56. The Labute approximate surface area is 158 Å². The van der Waals surface area contributed by atoms with Crippen LogP contribution in [-0.4, -0.2) is 41.9 Å². The summed E-state index contributed by atoms with van der Waals surface area (Å²) in [6, 6.07) is 12.2. The van der Waals surface area contributed by atoms with E-state index in [4.69, 9.17) is 11.6 Å². The molecule has 2 aliphatic rings. The van der Waals surface area contributed by atoms with Crippen LogP contribution < -0.4 is 0 Å². The Bertz CT molecular complexity index is 717. The molecule has 2 heterocycles. The molecule has 25 heavy (non-hydrogen) atoms. The smallest absolute Gasteiger partial charge is 0.233 e. The van der Waals surface area contributed by atoms with E-state index in [9.17, 15) is 4.79 Å². The van der Waals surface area contributed by atoms with Crippen molar-refractivity contribution >= 4 is 28.8 Å². The van der Waals surface area contributed by atoms with E-state index in [1.807, 2.05) is 24.3 Å². The van der Waals surface area contributed by atoms with Crippen LogP contribution in [0.25, 0.3) is 0 Å². The molecular weight excluding hydrogens is 352 g/mol. The zero-order valence-electron chi connectivity index (χ0n) is 14.3. The molecule has 1 amide bonds. The molecule has 1 aromatic heterocycles. The summed E-state index contributed by atoms with van der Waals surface area (Å²) in [6.45, 7) is 4.59. The molecule has 4 rings (SSSR count). The number of amides is 1. The predicted molar refractivity (Wildman–Crippen MR) is 103 cm³/mol. The molecule has 1 aromatic carbocycles. The first kappa shape index (κ1) is 17.1. The van der Waals surface area contributed by atoms with Gasteiger partial charge in [0.15, 0.2) is 0 Å². The molecule has 3 nitrogen and oxygen atoms in total. The largest absolute Gasteiger partial charge is 0.339 e. The number of hydrogen-bond acceptors (Lipinski definition) is 3. The topological polar surface area (TPSA) is 23.6 Å². The average molecular weight is 375 g/mol. The Balaban J connectivity index is 1.41. The lowest BCUT2D eigenvalue weighted by Crippen LogP contribution is -2.56. The summed E-state index contributed by atoms with van der Waals surface area (Å²) in [6.07, 6.45) is 3.05. The summed E-state index contributed by atoms with van der Waals surface area (Å²) in [4.78, 5) is 19.2. The molecule has 1 aliphatic carbocycles. The Morgan fingerprint density at radius 3 is 2.36 bits per heavy atom. The van der Waals surface area contributed by atoms with Crippen LogP contribution in [0.1, 0.15) is 29.7 Å². The van der Waals surface area contributed by atoms with Crippen molar-refractivity contribution in [2.75, 3.05) is 26.2 Å². The maximum atomic E-state index is 13.3. The second-order valence-electron chi connectivity index (χ2n) is 7.09. The van der Waals surface area contributed by atoms with Crippen molar-refractivity contribution in [1.82, 2.24) is 9.80 Å². The molecule has 0 radical (unpaired) electrons. The van der Waals surface area contributed by atoms with E-state index in [1.54, 1.807) is 11.3 Å². The fourth-order valence-corrected chi connectivity index (χ4v) is 4.83. The summed E-state index contributed by atoms with van der Waals surface area (Å²) in [5.74, 6) is 0.317. The quantitative estimate of drug-likeness (QED) is 0.801. The van der Waals surface area contributed by atoms with Crippen LogP contribution in [0.4, 0.5) is 0 Å². The average Bonchev–Trinajstić information content (AvgIpc) is 3.09. The number of thiophene rings is 1. The van der Waals surface area contributed by atoms with Crippen molar-refractivity contribution in [3.8, 4) is 0 Å². The lowest BCUT2D eigenvalue weighted by atomic mass is 9.63. The van der Waals surface area contributed by atoms with Crippen LogP contribution in [0.2, 0.25) is 5.02 Å². The molecule has 132 valence electrons. The van der Waals surface area contributed by atoms with Gasteiger partial charge in [-0.1, -0.05) is 36.2 Å². The summed E-state index contributed by atoms with van der Waals surface area (Å²) in [5.41, 5.74) is 0.828. The zero-order chi connectivity index (χ0) is 17.3. The highest BCUT2D eigenvalue weighted by molar-refractivity contribution is 7.09. The summed E-state index contributed by atoms with van der Waals surface area (Å²) >= 11 is 7.83. The normalized spacial score (nSPS) is 20.3. The molecule has 0 unspecified atom stereocenters. The van der Waals surface area contributed by atoms with Crippen LogP contribution in [0.5, 0.6) is 0 Å². The highest BCUT2D eigenvalue weighted by Gasteiger charge is 2.47. The molecule has 1 aliphatic heterocycles. The minimum absolute atomic E-state index is 0.305. The second kappa shape index (κ2) is 7.10. The number of halogens is 1. The maximum absolute atomic E-state index is 13.3. The molecule has 2 aromatic rings. The van der Waals surface area contributed by atoms with Gasteiger partial charge in [-0.05, 0) is 42.0 Å². The van der Waals surface area contributed by atoms with Crippen molar-refractivity contribution < 1.29 is 4.79 Å². The van der Waals surface area contributed by atoms with Gasteiger partial charge in [-0.3, -0.25) is 9.69 Å². The Hall–Kier alpha value is -1.36. The van der Waals surface area contributed by atoms with E-state index >= 15 is 0 Å². The number of carbonyl (C=O) groups is 1. The van der Waals surface area contributed by atoms with Crippen LogP contribution in [0.15, 0.2) is 41.8 Å². The van der Waals surface area contributed by atoms with Gasteiger partial charge in [-0.25, -0.2) is 0 Å². The van der Waals surface area contributed by atoms with Gasteiger partial charge in [0.25, 0.3) is 0 Å². The molecule has 5 heteroatoms. The molecule has 0 spiro atoms. The molecule has 0 bridgehead atoms. The van der Waals surface area contributed by atoms with Gasteiger partial charge >= 0.3 is 0 Å². The van der Waals surface area contributed by atoms with Gasteiger partial charge < -0.3 is 4.90 Å². The minimum atomic E-state index is -0.305. The molecular formula is C20H23ClN2OS. The van der Waals surface area contributed by atoms with Gasteiger partial charge in [0.05, 0.1) is 5.41 Å². The van der Waals surface area contributed by atoms with Crippen molar-refractivity contribution in [2.45, 2.75) is 31.2 Å². The monoisotopic (exact) mass is 374 g/mol. The molecule has 1 saturated heterocycles. The van der Waals surface area contributed by atoms with E-state index < -0.39 is 0 Å². The van der Waals surface area contributed by atoms with E-state index in [-0.39, 0.29) is 5.41 Å². The van der Waals surface area contributed by atoms with Gasteiger partial charge in [-0.2, -0.15) is 0 Å². The number of piperazine rings is 1. The molecule has 1 saturated carbocycles. The van der Waals surface area contributed by atoms with Crippen molar-refractivity contribution in [3.05, 3.63) is 57.2 Å². The molecule has 2 fully saturated rings.